The number of methoxy groups -OCH3 is 1. The summed E-state index contributed by atoms with van der Waals surface area (Å²) in [5.41, 5.74) is 12.9. The number of ether oxygens (including phenoxy) is 1. The first-order valence-corrected chi connectivity index (χ1v) is 8.44. The van der Waals surface area contributed by atoms with Gasteiger partial charge in [0.15, 0.2) is 0 Å². The zero-order valence-corrected chi connectivity index (χ0v) is 15.3. The van der Waals surface area contributed by atoms with E-state index in [-0.39, 0.29) is 23.2 Å². The standard InChI is InChI=1S/C19H27N3O2/c1-18(2)8-9-19(3,4)16-11-13(6-7-15(16)18)10-14(21-22-20)12-17(23)24-5/h6-7,11,14H,8-10,12H2,1-5H3/t14-/m1/s1. The number of carbonyl (C=O) groups excluding carboxylic acids is 1. The molecule has 5 heteroatoms. The summed E-state index contributed by atoms with van der Waals surface area (Å²) in [6.45, 7) is 9.15. The molecule has 24 heavy (non-hydrogen) atoms. The Balaban J connectivity index is 2.32. The second kappa shape index (κ2) is 6.86. The normalized spacial score (nSPS) is 18.9. The summed E-state index contributed by atoms with van der Waals surface area (Å²) in [5.74, 6) is -0.355. The summed E-state index contributed by atoms with van der Waals surface area (Å²) in [6, 6.07) is 6.11. The van der Waals surface area contributed by atoms with Crippen LogP contribution in [0.5, 0.6) is 0 Å². The van der Waals surface area contributed by atoms with Crippen molar-refractivity contribution in [3.8, 4) is 0 Å². The predicted octanol–water partition coefficient (Wildman–Crippen LogP) is 4.82. The number of rotatable bonds is 5. The van der Waals surface area contributed by atoms with Crippen LogP contribution in [-0.4, -0.2) is 19.1 Å². The van der Waals surface area contributed by atoms with E-state index < -0.39 is 6.04 Å². The van der Waals surface area contributed by atoms with Crippen LogP contribution in [0, 0.1) is 0 Å². The van der Waals surface area contributed by atoms with E-state index in [0.717, 1.165) is 12.0 Å². The van der Waals surface area contributed by atoms with Crippen LogP contribution in [0.2, 0.25) is 0 Å². The van der Waals surface area contributed by atoms with Gasteiger partial charge in [0.2, 0.25) is 0 Å². The third kappa shape index (κ3) is 3.90. The maximum absolute atomic E-state index is 11.5. The molecule has 0 aromatic heterocycles. The van der Waals surface area contributed by atoms with E-state index in [1.165, 1.54) is 24.7 Å². The third-order valence-electron chi connectivity index (χ3n) is 5.23. The van der Waals surface area contributed by atoms with Crippen molar-refractivity contribution in [1.29, 1.82) is 0 Å². The van der Waals surface area contributed by atoms with Gasteiger partial charge in [0.25, 0.3) is 0 Å². The fourth-order valence-electron chi connectivity index (χ4n) is 3.54. The Hall–Kier alpha value is -2.00. The minimum absolute atomic E-state index is 0.104. The molecule has 1 aliphatic carbocycles. The zero-order valence-electron chi connectivity index (χ0n) is 15.3. The number of fused-ring (bicyclic) bond motifs is 1. The maximum atomic E-state index is 11.5. The minimum Gasteiger partial charge on any atom is -0.469 e. The lowest BCUT2D eigenvalue weighted by atomic mass is 9.63. The number of esters is 1. The highest BCUT2D eigenvalue weighted by Crippen LogP contribution is 2.45. The molecule has 1 aromatic carbocycles. The van der Waals surface area contributed by atoms with Crippen molar-refractivity contribution in [2.24, 2.45) is 5.11 Å². The first kappa shape index (κ1) is 18.3. The molecule has 0 fully saturated rings. The number of azide groups is 1. The van der Waals surface area contributed by atoms with Crippen LogP contribution >= 0.6 is 0 Å². The molecular weight excluding hydrogens is 302 g/mol. The lowest BCUT2D eigenvalue weighted by Crippen LogP contribution is -2.34. The summed E-state index contributed by atoms with van der Waals surface area (Å²) >= 11 is 0. The first-order chi connectivity index (χ1) is 11.2. The summed E-state index contributed by atoms with van der Waals surface area (Å²) < 4.78 is 4.69. The molecule has 1 aromatic rings. The molecule has 2 rings (SSSR count). The Morgan fingerprint density at radius 3 is 2.46 bits per heavy atom. The summed E-state index contributed by atoms with van der Waals surface area (Å²) in [5, 5.41) is 3.76. The fraction of sp³-hybridized carbons (Fsp3) is 0.632. The van der Waals surface area contributed by atoms with Gasteiger partial charge in [-0.3, -0.25) is 4.79 Å². The maximum Gasteiger partial charge on any atom is 0.305 e. The Kier molecular flexibility index (Phi) is 5.24. The number of carbonyl (C=O) groups is 1. The minimum atomic E-state index is -0.416. The average Bonchev–Trinajstić information content (AvgIpc) is 2.52. The lowest BCUT2D eigenvalue weighted by molar-refractivity contribution is -0.140. The van der Waals surface area contributed by atoms with E-state index in [1.807, 2.05) is 0 Å². The van der Waals surface area contributed by atoms with Crippen molar-refractivity contribution in [3.63, 3.8) is 0 Å². The largest absolute Gasteiger partial charge is 0.469 e. The Bertz CT molecular complexity index is 673. The molecular formula is C19H27N3O2. The SMILES string of the molecule is COC(=O)C[C@@H](Cc1ccc2c(c1)C(C)(C)CCC2(C)C)N=[N+]=[N-]. The zero-order chi connectivity index (χ0) is 18.0. The van der Waals surface area contributed by atoms with Gasteiger partial charge < -0.3 is 4.74 Å². The molecule has 0 N–H and O–H groups in total. The smallest absolute Gasteiger partial charge is 0.305 e. The van der Waals surface area contributed by atoms with Crippen LogP contribution in [0.3, 0.4) is 0 Å². The summed E-state index contributed by atoms with van der Waals surface area (Å²) in [7, 11) is 1.35. The Morgan fingerprint density at radius 2 is 1.88 bits per heavy atom. The predicted molar refractivity (Wildman–Crippen MR) is 95.0 cm³/mol. The van der Waals surface area contributed by atoms with Crippen LogP contribution in [0.25, 0.3) is 10.4 Å². The van der Waals surface area contributed by atoms with Crippen LogP contribution in [0.15, 0.2) is 23.3 Å². The van der Waals surface area contributed by atoms with Gasteiger partial charge in [0.1, 0.15) is 0 Å². The van der Waals surface area contributed by atoms with Crippen molar-refractivity contribution in [2.45, 2.75) is 70.3 Å². The molecule has 5 nitrogen and oxygen atoms in total. The second-order valence-corrected chi connectivity index (χ2v) is 7.99. The van der Waals surface area contributed by atoms with Crippen LogP contribution < -0.4 is 0 Å². The first-order valence-electron chi connectivity index (χ1n) is 8.44. The van der Waals surface area contributed by atoms with Crippen molar-refractivity contribution < 1.29 is 9.53 Å². The van der Waals surface area contributed by atoms with E-state index in [9.17, 15) is 4.79 Å². The molecule has 1 aliphatic rings. The van der Waals surface area contributed by atoms with Gasteiger partial charge in [-0.05, 0) is 52.3 Å². The van der Waals surface area contributed by atoms with Crippen molar-refractivity contribution in [1.82, 2.24) is 0 Å². The van der Waals surface area contributed by atoms with E-state index in [2.05, 4.69) is 55.9 Å². The molecule has 0 aliphatic heterocycles. The number of benzene rings is 1. The van der Waals surface area contributed by atoms with Gasteiger partial charge in [-0.25, -0.2) is 0 Å². The van der Waals surface area contributed by atoms with Crippen LogP contribution in [0.1, 0.15) is 63.6 Å². The van der Waals surface area contributed by atoms with Gasteiger partial charge in [-0.2, -0.15) is 0 Å². The molecule has 0 saturated carbocycles. The summed E-state index contributed by atoms with van der Waals surface area (Å²) in [6.07, 6.45) is 2.98. The van der Waals surface area contributed by atoms with E-state index in [4.69, 9.17) is 10.3 Å². The quantitative estimate of drug-likeness (QED) is 0.336. The fourth-order valence-corrected chi connectivity index (χ4v) is 3.54. The highest BCUT2D eigenvalue weighted by molar-refractivity contribution is 5.70. The highest BCUT2D eigenvalue weighted by Gasteiger charge is 2.36. The van der Waals surface area contributed by atoms with Gasteiger partial charge in [-0.15, -0.1) is 0 Å². The molecule has 0 radical (unpaired) electrons. The molecule has 0 amide bonds. The molecule has 0 spiro atoms. The third-order valence-corrected chi connectivity index (χ3v) is 5.23. The number of hydrogen-bond acceptors (Lipinski definition) is 3. The molecule has 0 saturated heterocycles. The number of nitrogens with zero attached hydrogens (tertiary/aromatic N) is 3. The van der Waals surface area contributed by atoms with Gasteiger partial charge >= 0.3 is 5.97 Å². The monoisotopic (exact) mass is 329 g/mol. The van der Waals surface area contributed by atoms with Crippen LogP contribution in [0.4, 0.5) is 0 Å². The van der Waals surface area contributed by atoms with Crippen molar-refractivity contribution in [2.75, 3.05) is 7.11 Å². The van der Waals surface area contributed by atoms with Gasteiger partial charge in [-0.1, -0.05) is 51.0 Å². The average molecular weight is 329 g/mol. The summed E-state index contributed by atoms with van der Waals surface area (Å²) in [4.78, 5) is 14.4. The molecule has 130 valence electrons. The Labute approximate surface area is 144 Å². The van der Waals surface area contributed by atoms with Crippen molar-refractivity contribution in [3.05, 3.63) is 45.3 Å². The van der Waals surface area contributed by atoms with E-state index in [0.29, 0.717) is 6.42 Å². The van der Waals surface area contributed by atoms with Crippen LogP contribution in [-0.2, 0) is 26.8 Å². The second-order valence-electron chi connectivity index (χ2n) is 7.99. The van der Waals surface area contributed by atoms with Gasteiger partial charge in [0.05, 0.1) is 19.6 Å². The van der Waals surface area contributed by atoms with Crippen molar-refractivity contribution >= 4 is 5.97 Å². The highest BCUT2D eigenvalue weighted by atomic mass is 16.5. The lowest BCUT2D eigenvalue weighted by Gasteiger charge is -2.42. The topological polar surface area (TPSA) is 75.1 Å². The van der Waals surface area contributed by atoms with E-state index >= 15 is 0 Å². The Morgan fingerprint density at radius 1 is 1.25 bits per heavy atom. The number of hydrogen-bond donors (Lipinski definition) is 0. The van der Waals surface area contributed by atoms with E-state index in [1.54, 1.807) is 0 Å². The molecule has 1 atom stereocenters. The molecule has 0 heterocycles. The van der Waals surface area contributed by atoms with Gasteiger partial charge in [0, 0.05) is 4.91 Å². The molecule has 0 unspecified atom stereocenters. The molecule has 0 bridgehead atoms.